The number of amides is 1. The Balaban J connectivity index is 2.33. The molecule has 0 aromatic carbocycles. The fourth-order valence-corrected chi connectivity index (χ4v) is 1.74. The molecule has 0 aliphatic heterocycles. The maximum atomic E-state index is 11.8. The van der Waals surface area contributed by atoms with Gasteiger partial charge in [0, 0.05) is 19.5 Å². The van der Waals surface area contributed by atoms with Crippen LogP contribution in [0.2, 0.25) is 0 Å². The fraction of sp³-hybridized carbons (Fsp3) is 0.615. The molecule has 1 aromatic heterocycles. The molecule has 4 nitrogen and oxygen atoms in total. The first-order chi connectivity index (χ1) is 8.04. The average molecular weight is 238 g/mol. The molecule has 3 N–H and O–H groups in total. The molecule has 0 radical (unpaired) electrons. The zero-order valence-corrected chi connectivity index (χ0v) is 10.8. The predicted octanol–water partition coefficient (Wildman–Crippen LogP) is 1.48. The number of hydrogen-bond acceptors (Lipinski definition) is 3. The van der Waals surface area contributed by atoms with Crippen LogP contribution in [-0.2, 0) is 11.2 Å². The fourth-order valence-electron chi connectivity index (χ4n) is 1.74. The lowest BCUT2D eigenvalue weighted by Gasteiger charge is -2.17. The molecular weight excluding hydrogens is 216 g/mol. The molecule has 1 unspecified atom stereocenters. The van der Waals surface area contributed by atoms with E-state index in [1.54, 1.807) is 0 Å². The van der Waals surface area contributed by atoms with E-state index in [-0.39, 0.29) is 17.7 Å². The third kappa shape index (κ3) is 4.23. The quantitative estimate of drug-likeness (QED) is 0.788. The van der Waals surface area contributed by atoms with Gasteiger partial charge in [0.05, 0.1) is 5.92 Å². The van der Waals surface area contributed by atoms with Crippen LogP contribution in [0.3, 0.4) is 0 Å². The van der Waals surface area contributed by atoms with Crippen molar-refractivity contribution in [1.29, 1.82) is 0 Å². The van der Waals surface area contributed by atoms with Crippen molar-refractivity contribution < 1.29 is 9.21 Å². The number of rotatable bonds is 6. The molecule has 4 heteroatoms. The highest BCUT2D eigenvalue weighted by Crippen LogP contribution is 2.09. The number of carbonyl (C=O) groups excluding carboxylic acids is 1. The maximum absolute atomic E-state index is 11.8. The third-order valence-electron chi connectivity index (χ3n) is 2.86. The summed E-state index contributed by atoms with van der Waals surface area (Å²) in [6, 6.07) is 3.86. The van der Waals surface area contributed by atoms with Crippen molar-refractivity contribution in [3.05, 3.63) is 23.7 Å². The van der Waals surface area contributed by atoms with E-state index in [2.05, 4.69) is 5.32 Å². The molecule has 1 rings (SSSR count). The van der Waals surface area contributed by atoms with Gasteiger partial charge in [-0.25, -0.2) is 0 Å². The first-order valence-corrected chi connectivity index (χ1v) is 6.07. The molecular formula is C13H22N2O2. The maximum Gasteiger partial charge on any atom is 0.224 e. The van der Waals surface area contributed by atoms with Gasteiger partial charge in [-0.3, -0.25) is 4.79 Å². The van der Waals surface area contributed by atoms with E-state index in [4.69, 9.17) is 10.2 Å². The molecule has 0 aliphatic carbocycles. The van der Waals surface area contributed by atoms with E-state index >= 15 is 0 Å². The van der Waals surface area contributed by atoms with Crippen LogP contribution < -0.4 is 11.1 Å². The summed E-state index contributed by atoms with van der Waals surface area (Å²) in [5.41, 5.74) is 5.58. The second-order valence-corrected chi connectivity index (χ2v) is 4.64. The molecule has 0 saturated carbocycles. The van der Waals surface area contributed by atoms with Gasteiger partial charge in [-0.05, 0) is 25.0 Å². The van der Waals surface area contributed by atoms with Crippen molar-refractivity contribution >= 4 is 5.91 Å². The Morgan fingerprint density at radius 3 is 2.65 bits per heavy atom. The zero-order chi connectivity index (χ0) is 12.8. The number of nitrogens with one attached hydrogen (secondary N) is 1. The highest BCUT2D eigenvalue weighted by molar-refractivity contribution is 5.79. The standard InChI is InChI=1S/C13H22N2O2/c1-9(2)12(8-14)13(16)15-7-6-11-5-4-10(3)17-11/h4-5,9,12H,6-8,14H2,1-3H3,(H,15,16). The average Bonchev–Trinajstić information content (AvgIpc) is 2.64. The van der Waals surface area contributed by atoms with Gasteiger partial charge in [0.2, 0.25) is 5.91 Å². The highest BCUT2D eigenvalue weighted by atomic mass is 16.3. The Kier molecular flexibility index (Phi) is 5.22. The van der Waals surface area contributed by atoms with Crippen LogP contribution >= 0.6 is 0 Å². The molecule has 1 amide bonds. The summed E-state index contributed by atoms with van der Waals surface area (Å²) in [7, 11) is 0. The molecule has 17 heavy (non-hydrogen) atoms. The monoisotopic (exact) mass is 238 g/mol. The molecule has 0 spiro atoms. The largest absolute Gasteiger partial charge is 0.466 e. The molecule has 0 saturated heterocycles. The third-order valence-corrected chi connectivity index (χ3v) is 2.86. The summed E-state index contributed by atoms with van der Waals surface area (Å²) >= 11 is 0. The van der Waals surface area contributed by atoms with Crippen molar-refractivity contribution in [3.63, 3.8) is 0 Å². The number of furan rings is 1. The SMILES string of the molecule is Cc1ccc(CCNC(=O)C(CN)C(C)C)o1. The van der Waals surface area contributed by atoms with E-state index in [1.165, 1.54) is 0 Å². The minimum Gasteiger partial charge on any atom is -0.466 e. The molecule has 0 aliphatic rings. The van der Waals surface area contributed by atoms with Gasteiger partial charge in [-0.2, -0.15) is 0 Å². The molecule has 96 valence electrons. The Morgan fingerprint density at radius 2 is 2.18 bits per heavy atom. The number of carbonyl (C=O) groups is 1. The van der Waals surface area contributed by atoms with Crippen LogP contribution in [0.25, 0.3) is 0 Å². The second-order valence-electron chi connectivity index (χ2n) is 4.64. The minimum atomic E-state index is -0.103. The summed E-state index contributed by atoms with van der Waals surface area (Å²) < 4.78 is 5.42. The number of nitrogens with two attached hydrogens (primary N) is 1. The van der Waals surface area contributed by atoms with Gasteiger partial charge in [0.25, 0.3) is 0 Å². The Morgan fingerprint density at radius 1 is 1.47 bits per heavy atom. The first kappa shape index (κ1) is 13.8. The lowest BCUT2D eigenvalue weighted by atomic mass is 9.95. The minimum absolute atomic E-state index is 0.0331. The zero-order valence-electron chi connectivity index (χ0n) is 10.8. The van der Waals surface area contributed by atoms with E-state index in [0.717, 1.165) is 17.9 Å². The summed E-state index contributed by atoms with van der Waals surface area (Å²) in [5, 5.41) is 2.89. The lowest BCUT2D eigenvalue weighted by molar-refractivity contribution is -0.125. The van der Waals surface area contributed by atoms with Crippen molar-refractivity contribution in [2.45, 2.75) is 27.2 Å². The summed E-state index contributed by atoms with van der Waals surface area (Å²) in [6.07, 6.45) is 0.717. The number of hydrogen-bond donors (Lipinski definition) is 2. The topological polar surface area (TPSA) is 68.3 Å². The summed E-state index contributed by atoms with van der Waals surface area (Å²) in [4.78, 5) is 11.8. The summed E-state index contributed by atoms with van der Waals surface area (Å²) in [5.74, 6) is 2.00. The van der Waals surface area contributed by atoms with Gasteiger partial charge in [0.1, 0.15) is 11.5 Å². The highest BCUT2D eigenvalue weighted by Gasteiger charge is 2.19. The predicted molar refractivity (Wildman–Crippen MR) is 67.5 cm³/mol. The van der Waals surface area contributed by atoms with Crippen LogP contribution in [0.15, 0.2) is 16.5 Å². The van der Waals surface area contributed by atoms with Crippen molar-refractivity contribution in [2.24, 2.45) is 17.6 Å². The van der Waals surface area contributed by atoms with Crippen molar-refractivity contribution in [2.75, 3.05) is 13.1 Å². The molecule has 0 bridgehead atoms. The van der Waals surface area contributed by atoms with Crippen LogP contribution in [-0.4, -0.2) is 19.0 Å². The van der Waals surface area contributed by atoms with Crippen LogP contribution in [0.5, 0.6) is 0 Å². The van der Waals surface area contributed by atoms with E-state index in [0.29, 0.717) is 13.1 Å². The van der Waals surface area contributed by atoms with E-state index in [1.807, 2.05) is 32.9 Å². The van der Waals surface area contributed by atoms with Gasteiger partial charge < -0.3 is 15.5 Å². The van der Waals surface area contributed by atoms with Gasteiger partial charge in [-0.1, -0.05) is 13.8 Å². The van der Waals surface area contributed by atoms with E-state index in [9.17, 15) is 4.79 Å². The van der Waals surface area contributed by atoms with Gasteiger partial charge in [0.15, 0.2) is 0 Å². The number of aryl methyl sites for hydroxylation is 1. The normalized spacial score (nSPS) is 12.8. The Hall–Kier alpha value is -1.29. The Bertz CT molecular complexity index is 358. The summed E-state index contributed by atoms with van der Waals surface area (Å²) in [6.45, 7) is 6.91. The van der Waals surface area contributed by atoms with Crippen LogP contribution in [0.1, 0.15) is 25.4 Å². The van der Waals surface area contributed by atoms with Gasteiger partial charge >= 0.3 is 0 Å². The van der Waals surface area contributed by atoms with Crippen LogP contribution in [0, 0.1) is 18.8 Å². The molecule has 1 aromatic rings. The Labute approximate surface area is 103 Å². The first-order valence-electron chi connectivity index (χ1n) is 6.07. The lowest BCUT2D eigenvalue weighted by Crippen LogP contribution is -2.38. The molecule has 1 heterocycles. The smallest absolute Gasteiger partial charge is 0.224 e. The van der Waals surface area contributed by atoms with Gasteiger partial charge in [-0.15, -0.1) is 0 Å². The van der Waals surface area contributed by atoms with Crippen LogP contribution in [0.4, 0.5) is 0 Å². The van der Waals surface area contributed by atoms with E-state index < -0.39 is 0 Å². The molecule has 1 atom stereocenters. The van der Waals surface area contributed by atoms with Crippen molar-refractivity contribution in [3.8, 4) is 0 Å². The second kappa shape index (κ2) is 6.45. The van der Waals surface area contributed by atoms with Crippen molar-refractivity contribution in [1.82, 2.24) is 5.32 Å². The molecule has 0 fully saturated rings.